The van der Waals surface area contributed by atoms with Crippen molar-refractivity contribution in [2.24, 2.45) is 16.8 Å². The van der Waals surface area contributed by atoms with Gasteiger partial charge >= 0.3 is 0 Å². The maximum atomic E-state index is 6.16. The lowest BCUT2D eigenvalue weighted by Gasteiger charge is -2.29. The normalized spacial score (nSPS) is 25.0. The van der Waals surface area contributed by atoms with Crippen molar-refractivity contribution >= 4 is 24.4 Å². The highest BCUT2D eigenvalue weighted by Crippen LogP contribution is 2.51. The summed E-state index contributed by atoms with van der Waals surface area (Å²) in [4.78, 5) is 5.03. The third-order valence-corrected chi connectivity index (χ3v) is 8.66. The highest BCUT2D eigenvalue weighted by Gasteiger charge is 2.40. The third-order valence-electron chi connectivity index (χ3n) is 5.67. The first-order valence-corrected chi connectivity index (χ1v) is 11.7. The molecule has 2 nitrogen and oxygen atoms in total. The molecule has 1 heterocycles. The Morgan fingerprint density at radius 2 is 1.59 bits per heavy atom. The van der Waals surface area contributed by atoms with Gasteiger partial charge in [-0.15, -0.1) is 0 Å². The predicted molar refractivity (Wildman–Crippen MR) is 117 cm³/mol. The molecule has 0 spiro atoms. The molecule has 2 aromatic rings. The minimum Gasteiger partial charge on any atom is -0.478 e. The number of benzene rings is 2. The second-order valence-corrected chi connectivity index (χ2v) is 10.6. The summed E-state index contributed by atoms with van der Waals surface area (Å²) >= 11 is 0. The lowest BCUT2D eigenvalue weighted by atomic mass is 10.1. The summed E-state index contributed by atoms with van der Waals surface area (Å²) in [5.41, 5.74) is 0.626. The van der Waals surface area contributed by atoms with Crippen LogP contribution in [-0.2, 0) is 4.74 Å². The molecule has 2 aromatic carbocycles. The minimum absolute atomic E-state index is 0.362. The first-order valence-electron chi connectivity index (χ1n) is 10.3. The fourth-order valence-electron chi connectivity index (χ4n) is 4.55. The van der Waals surface area contributed by atoms with Gasteiger partial charge in [0.25, 0.3) is 0 Å². The fourth-order valence-corrected chi connectivity index (χ4v) is 7.68. The lowest BCUT2D eigenvalue weighted by molar-refractivity contribution is 0.285. The van der Waals surface area contributed by atoms with Crippen LogP contribution < -0.4 is 10.6 Å². The van der Waals surface area contributed by atoms with Crippen LogP contribution in [0.1, 0.15) is 39.5 Å². The van der Waals surface area contributed by atoms with Gasteiger partial charge in [-0.1, -0.05) is 80.9 Å². The average molecular weight is 379 g/mol. The Bertz CT molecular complexity index is 719. The molecule has 0 aromatic heterocycles. The van der Waals surface area contributed by atoms with Crippen LogP contribution in [0, 0.1) is 11.8 Å². The van der Waals surface area contributed by atoms with Crippen molar-refractivity contribution in [3.8, 4) is 0 Å². The Kier molecular flexibility index (Phi) is 5.93. The Labute approximate surface area is 164 Å². The molecule has 1 saturated carbocycles. The van der Waals surface area contributed by atoms with Crippen LogP contribution in [0.5, 0.6) is 0 Å². The Hall–Kier alpha value is -1.66. The van der Waals surface area contributed by atoms with Crippen LogP contribution >= 0.6 is 7.92 Å². The quantitative estimate of drug-likeness (QED) is 0.638. The molecule has 2 unspecified atom stereocenters. The van der Waals surface area contributed by atoms with Gasteiger partial charge in [-0.3, -0.25) is 0 Å². The van der Waals surface area contributed by atoms with Crippen molar-refractivity contribution in [2.45, 2.75) is 51.2 Å². The number of ether oxygens (including phenoxy) is 1. The van der Waals surface area contributed by atoms with E-state index < -0.39 is 7.92 Å². The van der Waals surface area contributed by atoms with Crippen LogP contribution in [0.15, 0.2) is 65.7 Å². The molecule has 2 aliphatic rings. The van der Waals surface area contributed by atoms with Crippen LogP contribution in [0.25, 0.3) is 0 Å². The summed E-state index contributed by atoms with van der Waals surface area (Å²) in [6.45, 7) is 5.33. The number of aliphatic imine (C=N–C) groups is 1. The van der Waals surface area contributed by atoms with E-state index >= 15 is 0 Å². The summed E-state index contributed by atoms with van der Waals surface area (Å²) in [7, 11) is -0.399. The van der Waals surface area contributed by atoms with E-state index in [1.807, 2.05) is 0 Å². The van der Waals surface area contributed by atoms with Gasteiger partial charge in [-0.05, 0) is 49.4 Å². The zero-order valence-electron chi connectivity index (χ0n) is 16.4. The summed E-state index contributed by atoms with van der Waals surface area (Å²) in [6.07, 6.45) is 4.91. The van der Waals surface area contributed by atoms with Crippen molar-refractivity contribution in [2.75, 3.05) is 6.61 Å². The van der Waals surface area contributed by atoms with E-state index in [0.717, 1.165) is 18.9 Å². The van der Waals surface area contributed by atoms with Crippen LogP contribution in [-0.4, -0.2) is 24.2 Å². The summed E-state index contributed by atoms with van der Waals surface area (Å²) in [6, 6.07) is 22.6. The molecule has 0 N–H and O–H groups in total. The zero-order valence-corrected chi connectivity index (χ0v) is 17.3. The number of rotatable bonds is 6. The van der Waals surface area contributed by atoms with E-state index in [4.69, 9.17) is 9.73 Å². The largest absolute Gasteiger partial charge is 0.478 e. The van der Waals surface area contributed by atoms with Gasteiger partial charge in [0.15, 0.2) is 5.90 Å². The molecule has 27 heavy (non-hydrogen) atoms. The van der Waals surface area contributed by atoms with E-state index in [0.29, 0.717) is 23.5 Å². The smallest absolute Gasteiger partial charge is 0.187 e. The molecule has 1 aliphatic carbocycles. The highest BCUT2D eigenvalue weighted by molar-refractivity contribution is 7.73. The van der Waals surface area contributed by atoms with E-state index in [2.05, 4.69) is 74.5 Å². The molecule has 0 saturated heterocycles. The first-order chi connectivity index (χ1) is 13.2. The van der Waals surface area contributed by atoms with Crippen molar-refractivity contribution in [3.05, 3.63) is 60.7 Å². The molecular weight excluding hydrogens is 349 g/mol. The molecule has 1 aliphatic heterocycles. The monoisotopic (exact) mass is 379 g/mol. The van der Waals surface area contributed by atoms with Gasteiger partial charge in [0, 0.05) is 5.92 Å². The van der Waals surface area contributed by atoms with Crippen LogP contribution in [0.2, 0.25) is 0 Å². The van der Waals surface area contributed by atoms with Crippen molar-refractivity contribution in [1.82, 2.24) is 0 Å². The standard InChI is InChI=1S/C24H30NOP/c1-18(2)16-19-17-26-24(25-19)22-14-9-15-23(22)27(20-10-5-3-6-11-20)21-12-7-4-8-13-21/h3-8,10-13,18-19,22-23H,9,14-17H2,1-2H3/t19-,22?,23?/m0/s1. The maximum absolute atomic E-state index is 6.16. The van der Waals surface area contributed by atoms with E-state index in [1.54, 1.807) is 0 Å². The summed E-state index contributed by atoms with van der Waals surface area (Å²) in [5.74, 6) is 2.21. The Morgan fingerprint density at radius 3 is 2.19 bits per heavy atom. The maximum Gasteiger partial charge on any atom is 0.187 e. The molecule has 1 fully saturated rings. The summed E-state index contributed by atoms with van der Waals surface area (Å²) < 4.78 is 6.16. The zero-order chi connectivity index (χ0) is 18.6. The van der Waals surface area contributed by atoms with Crippen LogP contribution in [0.4, 0.5) is 0 Å². The number of nitrogens with zero attached hydrogens (tertiary/aromatic N) is 1. The molecule has 142 valence electrons. The van der Waals surface area contributed by atoms with Gasteiger partial charge in [0.05, 0.1) is 6.04 Å². The Balaban J connectivity index is 1.64. The fraction of sp³-hybridized carbons (Fsp3) is 0.458. The number of hydrogen-bond acceptors (Lipinski definition) is 2. The van der Waals surface area contributed by atoms with Gasteiger partial charge < -0.3 is 4.74 Å². The second-order valence-electron chi connectivity index (χ2n) is 8.21. The topological polar surface area (TPSA) is 21.6 Å². The van der Waals surface area contributed by atoms with Gasteiger partial charge in [0.2, 0.25) is 0 Å². The molecule has 4 rings (SSSR count). The SMILES string of the molecule is CC(C)C[C@H]1COC(C2CCCC2P(c2ccccc2)c2ccccc2)=N1. The Morgan fingerprint density at radius 1 is 0.963 bits per heavy atom. The molecule has 3 atom stereocenters. The highest BCUT2D eigenvalue weighted by atomic mass is 31.1. The van der Waals surface area contributed by atoms with Gasteiger partial charge in [-0.2, -0.15) is 0 Å². The van der Waals surface area contributed by atoms with Crippen molar-refractivity contribution < 1.29 is 4.74 Å². The predicted octanol–water partition coefficient (Wildman–Crippen LogP) is 5.13. The summed E-state index contributed by atoms with van der Waals surface area (Å²) in [5, 5.41) is 2.96. The van der Waals surface area contributed by atoms with Gasteiger partial charge in [-0.25, -0.2) is 4.99 Å². The second kappa shape index (κ2) is 8.57. The van der Waals surface area contributed by atoms with Crippen LogP contribution in [0.3, 0.4) is 0 Å². The lowest BCUT2D eigenvalue weighted by Crippen LogP contribution is -2.29. The minimum atomic E-state index is -0.399. The molecule has 3 heteroatoms. The molecular formula is C24H30NOP. The van der Waals surface area contributed by atoms with Crippen molar-refractivity contribution in [1.29, 1.82) is 0 Å². The molecule has 0 bridgehead atoms. The van der Waals surface area contributed by atoms with E-state index in [-0.39, 0.29) is 0 Å². The van der Waals surface area contributed by atoms with Gasteiger partial charge in [0.1, 0.15) is 6.61 Å². The molecule has 0 radical (unpaired) electrons. The van der Waals surface area contributed by atoms with E-state index in [1.165, 1.54) is 29.9 Å². The van der Waals surface area contributed by atoms with E-state index in [9.17, 15) is 0 Å². The first kappa shape index (κ1) is 18.7. The number of hydrogen-bond donors (Lipinski definition) is 0. The average Bonchev–Trinajstić information content (AvgIpc) is 3.33. The third kappa shape index (κ3) is 4.27. The van der Waals surface area contributed by atoms with Crippen molar-refractivity contribution in [3.63, 3.8) is 0 Å². The molecule has 0 amide bonds.